The average Bonchev–Trinajstić information content (AvgIpc) is 2.27. The van der Waals surface area contributed by atoms with E-state index in [2.05, 4.69) is 51.2 Å². The Balaban J connectivity index is 2.06. The topological polar surface area (TPSA) is 12.0 Å². The lowest BCUT2D eigenvalue weighted by atomic mass is 9.64. The first-order valence-corrected chi connectivity index (χ1v) is 7.47. The third-order valence-electron chi connectivity index (χ3n) is 4.34. The Hall–Kier alpha value is -0.820. The molecule has 1 fully saturated rings. The van der Waals surface area contributed by atoms with Crippen LogP contribution in [0.4, 0.5) is 0 Å². The van der Waals surface area contributed by atoms with E-state index in [1.54, 1.807) is 5.56 Å². The van der Waals surface area contributed by atoms with Crippen molar-refractivity contribution in [3.8, 4) is 0 Å². The molecule has 1 aromatic rings. The number of rotatable bonds is 5. The van der Waals surface area contributed by atoms with Crippen molar-refractivity contribution in [2.75, 3.05) is 6.54 Å². The maximum Gasteiger partial charge on any atom is 0.0107 e. The molecule has 0 heterocycles. The van der Waals surface area contributed by atoms with Gasteiger partial charge in [0, 0.05) is 6.04 Å². The van der Waals surface area contributed by atoms with Crippen molar-refractivity contribution in [3.05, 3.63) is 34.9 Å². The highest BCUT2D eigenvalue weighted by Crippen LogP contribution is 2.45. The van der Waals surface area contributed by atoms with Gasteiger partial charge >= 0.3 is 0 Å². The molecule has 1 N–H and O–H groups in total. The molecule has 1 saturated carbocycles. The summed E-state index contributed by atoms with van der Waals surface area (Å²) in [6, 6.07) is 7.80. The summed E-state index contributed by atoms with van der Waals surface area (Å²) in [6.07, 6.45) is 3.85. The SMILES string of the molecule is CCCNC1CC(c2cc(C)cc(C)c2)C1CC. The van der Waals surface area contributed by atoms with Gasteiger partial charge in [0.05, 0.1) is 0 Å². The van der Waals surface area contributed by atoms with Crippen LogP contribution in [-0.4, -0.2) is 12.6 Å². The molecule has 0 saturated heterocycles. The van der Waals surface area contributed by atoms with Gasteiger partial charge in [-0.3, -0.25) is 0 Å². The number of benzene rings is 1. The van der Waals surface area contributed by atoms with Gasteiger partial charge in [0.1, 0.15) is 0 Å². The van der Waals surface area contributed by atoms with Crippen LogP contribution in [0.5, 0.6) is 0 Å². The van der Waals surface area contributed by atoms with Crippen molar-refractivity contribution < 1.29 is 0 Å². The van der Waals surface area contributed by atoms with E-state index in [1.807, 2.05) is 0 Å². The molecule has 0 spiro atoms. The summed E-state index contributed by atoms with van der Waals surface area (Å²) < 4.78 is 0. The van der Waals surface area contributed by atoms with Crippen LogP contribution in [0.25, 0.3) is 0 Å². The Morgan fingerprint density at radius 1 is 1.11 bits per heavy atom. The van der Waals surface area contributed by atoms with E-state index < -0.39 is 0 Å². The predicted octanol–water partition coefficient (Wildman–Crippen LogP) is 4.19. The van der Waals surface area contributed by atoms with Gasteiger partial charge < -0.3 is 5.32 Å². The predicted molar refractivity (Wildman–Crippen MR) is 79.1 cm³/mol. The number of hydrogen-bond donors (Lipinski definition) is 1. The van der Waals surface area contributed by atoms with E-state index in [-0.39, 0.29) is 0 Å². The molecule has 0 aliphatic heterocycles. The highest BCUT2D eigenvalue weighted by Gasteiger charge is 2.39. The molecule has 1 aliphatic carbocycles. The van der Waals surface area contributed by atoms with Crippen LogP contribution >= 0.6 is 0 Å². The molecule has 1 aromatic carbocycles. The zero-order chi connectivity index (χ0) is 13.1. The van der Waals surface area contributed by atoms with E-state index in [4.69, 9.17) is 0 Å². The minimum atomic E-state index is 0.751. The van der Waals surface area contributed by atoms with Crippen LogP contribution in [0.3, 0.4) is 0 Å². The van der Waals surface area contributed by atoms with Gasteiger partial charge in [0.25, 0.3) is 0 Å². The monoisotopic (exact) mass is 245 g/mol. The second-order valence-corrected chi connectivity index (χ2v) is 5.90. The maximum absolute atomic E-state index is 3.70. The van der Waals surface area contributed by atoms with Gasteiger partial charge in [-0.2, -0.15) is 0 Å². The van der Waals surface area contributed by atoms with Crippen molar-refractivity contribution in [1.82, 2.24) is 5.32 Å². The first kappa shape index (κ1) is 13.6. The standard InChI is InChI=1S/C17H27N/c1-5-7-18-17-11-16(15(17)6-2)14-9-12(3)8-13(4)10-14/h8-10,15-18H,5-7,11H2,1-4H3. The normalized spacial score (nSPS) is 27.0. The number of hydrogen-bond acceptors (Lipinski definition) is 1. The van der Waals surface area contributed by atoms with Gasteiger partial charge in [-0.05, 0) is 50.6 Å². The lowest BCUT2D eigenvalue weighted by molar-refractivity contribution is 0.161. The summed E-state index contributed by atoms with van der Waals surface area (Å²) in [5.41, 5.74) is 4.38. The minimum absolute atomic E-state index is 0.751. The maximum atomic E-state index is 3.70. The van der Waals surface area contributed by atoms with Gasteiger partial charge in [-0.15, -0.1) is 0 Å². The second kappa shape index (κ2) is 5.88. The van der Waals surface area contributed by atoms with Crippen molar-refractivity contribution in [3.63, 3.8) is 0 Å². The highest BCUT2D eigenvalue weighted by atomic mass is 14.9. The van der Waals surface area contributed by atoms with Crippen LogP contribution in [0.15, 0.2) is 18.2 Å². The molecule has 0 amide bonds. The third-order valence-corrected chi connectivity index (χ3v) is 4.34. The molecule has 1 aliphatic rings. The fourth-order valence-electron chi connectivity index (χ4n) is 3.45. The molecule has 0 aromatic heterocycles. The van der Waals surface area contributed by atoms with Gasteiger partial charge in [0.2, 0.25) is 0 Å². The summed E-state index contributed by atoms with van der Waals surface area (Å²) >= 11 is 0. The fraction of sp³-hybridized carbons (Fsp3) is 0.647. The lowest BCUT2D eigenvalue weighted by Crippen LogP contribution is -2.49. The molecule has 18 heavy (non-hydrogen) atoms. The number of nitrogens with one attached hydrogen (secondary N) is 1. The molecule has 0 radical (unpaired) electrons. The van der Waals surface area contributed by atoms with E-state index >= 15 is 0 Å². The average molecular weight is 245 g/mol. The van der Waals surface area contributed by atoms with E-state index in [0.717, 1.165) is 17.9 Å². The molecule has 3 atom stereocenters. The second-order valence-electron chi connectivity index (χ2n) is 5.90. The summed E-state index contributed by atoms with van der Waals surface area (Å²) in [5, 5.41) is 3.70. The first-order valence-electron chi connectivity index (χ1n) is 7.47. The van der Waals surface area contributed by atoms with Crippen molar-refractivity contribution in [2.45, 2.75) is 58.9 Å². The van der Waals surface area contributed by atoms with Crippen LogP contribution < -0.4 is 5.32 Å². The Morgan fingerprint density at radius 2 is 1.78 bits per heavy atom. The molecule has 1 heteroatoms. The Morgan fingerprint density at radius 3 is 2.33 bits per heavy atom. The Kier molecular flexibility index (Phi) is 4.45. The van der Waals surface area contributed by atoms with Crippen LogP contribution in [-0.2, 0) is 0 Å². The van der Waals surface area contributed by atoms with Gasteiger partial charge in [-0.25, -0.2) is 0 Å². The van der Waals surface area contributed by atoms with Crippen LogP contribution in [0.1, 0.15) is 55.7 Å². The first-order chi connectivity index (χ1) is 8.65. The molecular formula is C17H27N. The molecule has 100 valence electrons. The van der Waals surface area contributed by atoms with Crippen LogP contribution in [0.2, 0.25) is 0 Å². The summed E-state index contributed by atoms with van der Waals surface area (Å²) in [5.74, 6) is 1.61. The van der Waals surface area contributed by atoms with Crippen molar-refractivity contribution in [2.24, 2.45) is 5.92 Å². The summed E-state index contributed by atoms with van der Waals surface area (Å²) in [7, 11) is 0. The van der Waals surface area contributed by atoms with Gasteiger partial charge in [-0.1, -0.05) is 49.6 Å². The molecule has 3 unspecified atom stereocenters. The van der Waals surface area contributed by atoms with Crippen molar-refractivity contribution >= 4 is 0 Å². The Labute approximate surface area is 112 Å². The fourth-order valence-corrected chi connectivity index (χ4v) is 3.45. The molecule has 0 bridgehead atoms. The van der Waals surface area contributed by atoms with Crippen molar-refractivity contribution in [1.29, 1.82) is 0 Å². The summed E-state index contributed by atoms with van der Waals surface area (Å²) in [4.78, 5) is 0. The summed E-state index contributed by atoms with van der Waals surface area (Å²) in [6.45, 7) is 10.2. The number of aryl methyl sites for hydroxylation is 2. The smallest absolute Gasteiger partial charge is 0.0107 e. The zero-order valence-corrected chi connectivity index (χ0v) is 12.3. The van der Waals surface area contributed by atoms with Crippen LogP contribution in [0, 0.1) is 19.8 Å². The van der Waals surface area contributed by atoms with E-state index in [1.165, 1.54) is 36.9 Å². The highest BCUT2D eigenvalue weighted by molar-refractivity contribution is 5.33. The van der Waals surface area contributed by atoms with Gasteiger partial charge in [0.15, 0.2) is 0 Å². The quantitative estimate of drug-likeness (QED) is 0.820. The zero-order valence-electron chi connectivity index (χ0n) is 12.3. The molecular weight excluding hydrogens is 218 g/mol. The Bertz CT molecular complexity index is 376. The van der Waals surface area contributed by atoms with E-state index in [0.29, 0.717) is 0 Å². The largest absolute Gasteiger partial charge is 0.314 e. The third kappa shape index (κ3) is 2.77. The molecule has 2 rings (SSSR count). The van der Waals surface area contributed by atoms with E-state index in [9.17, 15) is 0 Å². The lowest BCUT2D eigenvalue weighted by Gasteiger charge is -2.45. The molecule has 1 nitrogen and oxygen atoms in total. The minimum Gasteiger partial charge on any atom is -0.314 e.